The lowest BCUT2D eigenvalue weighted by Gasteiger charge is -2.10. The average Bonchev–Trinajstić information content (AvgIpc) is 2.31. The zero-order valence-electron chi connectivity index (χ0n) is 9.23. The van der Waals surface area contributed by atoms with Crippen molar-refractivity contribution in [2.75, 3.05) is 0 Å². The Balaban J connectivity index is 2.47. The molecule has 0 saturated heterocycles. The van der Waals surface area contributed by atoms with Gasteiger partial charge in [0.2, 0.25) is 0 Å². The first kappa shape index (κ1) is 14.2. The van der Waals surface area contributed by atoms with Crippen molar-refractivity contribution in [1.29, 1.82) is 0 Å². The summed E-state index contributed by atoms with van der Waals surface area (Å²) in [5.41, 5.74) is -0.512. The second-order valence-electron chi connectivity index (χ2n) is 3.82. The standard InChI is InChI=1S/C13H6Cl2F4/c14-10-4-2-7(5-11(10)15)8-1-3-9(12(16)6-8)13(17,18)19/h1-6H. The maximum absolute atomic E-state index is 13.4. The van der Waals surface area contributed by atoms with Gasteiger partial charge in [0.1, 0.15) is 5.82 Å². The van der Waals surface area contributed by atoms with Gasteiger partial charge in [-0.25, -0.2) is 4.39 Å². The first-order chi connectivity index (χ1) is 8.79. The van der Waals surface area contributed by atoms with Gasteiger partial charge in [-0.1, -0.05) is 35.3 Å². The van der Waals surface area contributed by atoms with Gasteiger partial charge in [0.05, 0.1) is 15.6 Å². The molecule has 2 aromatic rings. The largest absolute Gasteiger partial charge is 0.419 e. The average molecular weight is 309 g/mol. The van der Waals surface area contributed by atoms with Gasteiger partial charge >= 0.3 is 6.18 Å². The molecule has 0 radical (unpaired) electrons. The SMILES string of the molecule is Fc1cc(-c2ccc(Cl)c(Cl)c2)ccc1C(F)(F)F. The van der Waals surface area contributed by atoms with Crippen molar-refractivity contribution in [2.24, 2.45) is 0 Å². The van der Waals surface area contributed by atoms with E-state index in [0.717, 1.165) is 6.07 Å². The van der Waals surface area contributed by atoms with E-state index in [2.05, 4.69) is 0 Å². The van der Waals surface area contributed by atoms with Crippen molar-refractivity contribution in [1.82, 2.24) is 0 Å². The van der Waals surface area contributed by atoms with E-state index in [9.17, 15) is 17.6 Å². The van der Waals surface area contributed by atoms with E-state index in [1.807, 2.05) is 0 Å². The van der Waals surface area contributed by atoms with Crippen molar-refractivity contribution in [3.63, 3.8) is 0 Å². The molecule has 100 valence electrons. The van der Waals surface area contributed by atoms with Crippen molar-refractivity contribution in [3.8, 4) is 11.1 Å². The molecule has 19 heavy (non-hydrogen) atoms. The molecule has 0 aliphatic rings. The van der Waals surface area contributed by atoms with Crippen LogP contribution in [0.1, 0.15) is 5.56 Å². The van der Waals surface area contributed by atoms with E-state index < -0.39 is 17.6 Å². The summed E-state index contributed by atoms with van der Waals surface area (Å²) >= 11 is 11.5. The molecule has 0 nitrogen and oxygen atoms in total. The Morgan fingerprint density at radius 2 is 1.37 bits per heavy atom. The van der Waals surface area contributed by atoms with E-state index in [4.69, 9.17) is 23.2 Å². The highest BCUT2D eigenvalue weighted by Crippen LogP contribution is 2.34. The topological polar surface area (TPSA) is 0 Å². The van der Waals surface area contributed by atoms with Crippen LogP contribution in [0.4, 0.5) is 17.6 Å². The lowest BCUT2D eigenvalue weighted by Crippen LogP contribution is -2.07. The van der Waals surface area contributed by atoms with Gasteiger partial charge in [-0.2, -0.15) is 13.2 Å². The third-order valence-corrected chi connectivity index (χ3v) is 3.27. The molecule has 2 aromatic carbocycles. The summed E-state index contributed by atoms with van der Waals surface area (Å²) < 4.78 is 50.7. The summed E-state index contributed by atoms with van der Waals surface area (Å²) in [6.45, 7) is 0. The van der Waals surface area contributed by atoms with Crippen LogP contribution in [-0.2, 0) is 6.18 Å². The van der Waals surface area contributed by atoms with Crippen molar-refractivity contribution < 1.29 is 17.6 Å². The zero-order valence-corrected chi connectivity index (χ0v) is 10.7. The molecule has 0 bridgehead atoms. The van der Waals surface area contributed by atoms with Gasteiger partial charge in [0, 0.05) is 0 Å². The molecular formula is C13H6Cl2F4. The monoisotopic (exact) mass is 308 g/mol. The quantitative estimate of drug-likeness (QED) is 0.582. The highest BCUT2D eigenvalue weighted by Gasteiger charge is 2.33. The number of hydrogen-bond acceptors (Lipinski definition) is 0. The fourth-order valence-corrected chi connectivity index (χ4v) is 1.90. The predicted molar refractivity (Wildman–Crippen MR) is 66.9 cm³/mol. The van der Waals surface area contributed by atoms with E-state index in [0.29, 0.717) is 22.2 Å². The van der Waals surface area contributed by atoms with Crippen LogP contribution in [0.3, 0.4) is 0 Å². The molecule has 0 aromatic heterocycles. The van der Waals surface area contributed by atoms with E-state index in [-0.39, 0.29) is 5.02 Å². The molecule has 0 atom stereocenters. The fraction of sp³-hybridized carbons (Fsp3) is 0.0769. The second-order valence-corrected chi connectivity index (χ2v) is 4.64. The van der Waals surface area contributed by atoms with Gasteiger partial charge in [-0.15, -0.1) is 0 Å². The summed E-state index contributed by atoms with van der Waals surface area (Å²) in [5.74, 6) is -1.32. The molecule has 0 saturated carbocycles. The van der Waals surface area contributed by atoms with Gasteiger partial charge in [-0.05, 0) is 35.4 Å². The van der Waals surface area contributed by atoms with Crippen LogP contribution in [0.5, 0.6) is 0 Å². The summed E-state index contributed by atoms with van der Waals surface area (Å²) in [7, 11) is 0. The molecule has 0 heterocycles. The molecule has 0 aliphatic carbocycles. The summed E-state index contributed by atoms with van der Waals surface area (Å²) in [4.78, 5) is 0. The van der Waals surface area contributed by atoms with E-state index >= 15 is 0 Å². The maximum atomic E-state index is 13.4. The van der Waals surface area contributed by atoms with Crippen LogP contribution >= 0.6 is 23.2 Å². The Hall–Kier alpha value is -1.26. The van der Waals surface area contributed by atoms with Crippen LogP contribution in [0.15, 0.2) is 36.4 Å². The molecule has 2 rings (SSSR count). The highest BCUT2D eigenvalue weighted by molar-refractivity contribution is 6.42. The minimum atomic E-state index is -4.71. The van der Waals surface area contributed by atoms with Gasteiger partial charge in [0.25, 0.3) is 0 Å². The molecule has 0 aliphatic heterocycles. The van der Waals surface area contributed by atoms with Gasteiger partial charge in [-0.3, -0.25) is 0 Å². The molecule has 0 N–H and O–H groups in total. The van der Waals surface area contributed by atoms with Crippen LogP contribution in [0.25, 0.3) is 11.1 Å². The predicted octanol–water partition coefficient (Wildman–Crippen LogP) is 5.82. The third-order valence-electron chi connectivity index (χ3n) is 2.53. The lowest BCUT2D eigenvalue weighted by atomic mass is 10.0. The van der Waals surface area contributed by atoms with Gasteiger partial charge < -0.3 is 0 Å². The minimum absolute atomic E-state index is 0.250. The Kier molecular flexibility index (Phi) is 3.74. The molecule has 0 unspecified atom stereocenters. The second kappa shape index (κ2) is 5.02. The Bertz CT molecular complexity index is 621. The molecule has 6 heteroatoms. The third kappa shape index (κ3) is 3.01. The van der Waals surface area contributed by atoms with E-state index in [1.165, 1.54) is 18.2 Å². The van der Waals surface area contributed by atoms with Crippen LogP contribution in [0.2, 0.25) is 10.0 Å². The summed E-state index contributed by atoms with van der Waals surface area (Å²) in [6.07, 6.45) is -4.71. The normalized spacial score (nSPS) is 11.7. The Labute approximate surface area is 116 Å². The lowest BCUT2D eigenvalue weighted by molar-refractivity contribution is -0.139. The number of alkyl halides is 3. The first-order valence-electron chi connectivity index (χ1n) is 5.11. The number of benzene rings is 2. The number of rotatable bonds is 1. The molecule has 0 fully saturated rings. The zero-order chi connectivity index (χ0) is 14.2. The van der Waals surface area contributed by atoms with Crippen molar-refractivity contribution in [2.45, 2.75) is 6.18 Å². The summed E-state index contributed by atoms with van der Waals surface area (Å²) in [6, 6.07) is 7.22. The van der Waals surface area contributed by atoms with Crippen molar-refractivity contribution >= 4 is 23.2 Å². The van der Waals surface area contributed by atoms with Gasteiger partial charge in [0.15, 0.2) is 0 Å². The summed E-state index contributed by atoms with van der Waals surface area (Å²) in [5, 5.41) is 0.567. The maximum Gasteiger partial charge on any atom is 0.419 e. The minimum Gasteiger partial charge on any atom is -0.206 e. The highest BCUT2D eigenvalue weighted by atomic mass is 35.5. The first-order valence-corrected chi connectivity index (χ1v) is 5.87. The Morgan fingerprint density at radius 3 is 1.89 bits per heavy atom. The molecule has 0 amide bonds. The van der Waals surface area contributed by atoms with Crippen LogP contribution in [-0.4, -0.2) is 0 Å². The van der Waals surface area contributed by atoms with Crippen LogP contribution in [0, 0.1) is 5.82 Å². The number of halogens is 6. The Morgan fingerprint density at radius 1 is 0.789 bits per heavy atom. The fourth-order valence-electron chi connectivity index (χ4n) is 1.60. The molecular weight excluding hydrogens is 303 g/mol. The van der Waals surface area contributed by atoms with Crippen LogP contribution < -0.4 is 0 Å². The molecule has 0 spiro atoms. The van der Waals surface area contributed by atoms with E-state index in [1.54, 1.807) is 6.07 Å². The smallest absolute Gasteiger partial charge is 0.206 e. The van der Waals surface area contributed by atoms with Crippen molar-refractivity contribution in [3.05, 3.63) is 57.8 Å². The number of hydrogen-bond donors (Lipinski definition) is 0.